The van der Waals surface area contributed by atoms with E-state index in [9.17, 15) is 24.0 Å². The Morgan fingerprint density at radius 3 is 1.73 bits per heavy atom. The number of ether oxygens (including phenoxy) is 6. The van der Waals surface area contributed by atoms with E-state index in [2.05, 4.69) is 0 Å². The Morgan fingerprint density at radius 1 is 0.725 bits per heavy atom. The number of hydrogen-bond acceptors (Lipinski definition) is 12. The van der Waals surface area contributed by atoms with Crippen molar-refractivity contribution in [1.82, 2.24) is 0 Å². The summed E-state index contributed by atoms with van der Waals surface area (Å²) < 4.78 is 33.0. The van der Waals surface area contributed by atoms with Gasteiger partial charge in [0.15, 0.2) is 18.0 Å². The van der Waals surface area contributed by atoms with Crippen LogP contribution >= 0.6 is 0 Å². The fourth-order valence-electron chi connectivity index (χ4n) is 3.97. The van der Waals surface area contributed by atoms with E-state index in [4.69, 9.17) is 33.7 Å². The average molecular weight is 554 g/mol. The lowest BCUT2D eigenvalue weighted by Crippen LogP contribution is -2.63. The number of benzene rings is 2. The van der Waals surface area contributed by atoms with Crippen LogP contribution in [-0.4, -0.2) is 67.0 Å². The molecule has 2 aromatic rings. The van der Waals surface area contributed by atoms with Gasteiger partial charge in [-0.2, -0.15) is 5.26 Å². The molecule has 12 heteroatoms. The third-order valence-electron chi connectivity index (χ3n) is 5.59. The lowest BCUT2D eigenvalue weighted by atomic mass is 9.98. The van der Waals surface area contributed by atoms with E-state index in [0.717, 1.165) is 20.8 Å². The first kappa shape index (κ1) is 29.8. The maximum Gasteiger partial charge on any atom is 0.303 e. The van der Waals surface area contributed by atoms with Crippen LogP contribution < -0.4 is 4.74 Å². The third-order valence-corrected chi connectivity index (χ3v) is 5.59. The lowest BCUT2D eigenvalue weighted by Gasteiger charge is -2.43. The predicted octanol–water partition coefficient (Wildman–Crippen LogP) is 2.25. The average Bonchev–Trinajstić information content (AvgIpc) is 2.90. The van der Waals surface area contributed by atoms with Crippen molar-refractivity contribution in [2.75, 3.05) is 6.61 Å². The highest BCUT2D eigenvalue weighted by Gasteiger charge is 2.53. The molecule has 1 fully saturated rings. The summed E-state index contributed by atoms with van der Waals surface area (Å²) in [6, 6.07) is 14.1. The molecule has 0 N–H and O–H groups in total. The highest BCUT2D eigenvalue weighted by Crippen LogP contribution is 2.31. The first-order valence-corrected chi connectivity index (χ1v) is 12.1. The molecule has 1 aliphatic rings. The summed E-state index contributed by atoms with van der Waals surface area (Å²) in [4.78, 5) is 60.0. The molecule has 0 unspecified atom stereocenters. The minimum absolute atomic E-state index is 0.192. The Hall–Kier alpha value is -4.76. The SMILES string of the molecule is CC(=O)OC[C@H]1O[C@H](Oc2ccc(C(=O)c3ccc(C#N)cc3)cc2)[C@H](OC(C)=O)[C@@H](OC(C)=O)[C@@H]1OC(C)=O. The second-order valence-electron chi connectivity index (χ2n) is 8.73. The summed E-state index contributed by atoms with van der Waals surface area (Å²) >= 11 is 0. The number of nitriles is 1. The van der Waals surface area contributed by atoms with Gasteiger partial charge in [0.2, 0.25) is 12.4 Å². The van der Waals surface area contributed by atoms with Gasteiger partial charge in [-0.25, -0.2) is 0 Å². The molecular weight excluding hydrogens is 526 g/mol. The number of nitrogens with zero attached hydrogens (tertiary/aromatic N) is 1. The van der Waals surface area contributed by atoms with Crippen LogP contribution in [0, 0.1) is 11.3 Å². The molecule has 1 saturated heterocycles. The highest BCUT2D eigenvalue weighted by molar-refractivity contribution is 6.09. The van der Waals surface area contributed by atoms with E-state index in [1.54, 1.807) is 12.1 Å². The van der Waals surface area contributed by atoms with E-state index in [0.29, 0.717) is 16.7 Å². The summed E-state index contributed by atoms with van der Waals surface area (Å²) in [5.41, 5.74) is 1.14. The van der Waals surface area contributed by atoms with Crippen LogP contribution in [0.4, 0.5) is 0 Å². The Bertz CT molecular complexity index is 1300. The van der Waals surface area contributed by atoms with Crippen molar-refractivity contribution >= 4 is 29.7 Å². The molecule has 0 radical (unpaired) electrons. The normalized spacial score (nSPS) is 21.7. The zero-order valence-corrected chi connectivity index (χ0v) is 22.2. The number of rotatable bonds is 9. The first-order valence-electron chi connectivity index (χ1n) is 12.1. The van der Waals surface area contributed by atoms with Crippen LogP contribution in [0.1, 0.15) is 49.2 Å². The number of ketones is 1. The topological polar surface area (TPSA) is 165 Å². The fraction of sp³-hybridized carbons (Fsp3) is 0.357. The Morgan fingerprint density at radius 2 is 1.23 bits per heavy atom. The van der Waals surface area contributed by atoms with E-state index >= 15 is 0 Å². The molecule has 12 nitrogen and oxygen atoms in total. The summed E-state index contributed by atoms with van der Waals surface area (Å²) in [7, 11) is 0. The van der Waals surface area contributed by atoms with Gasteiger partial charge < -0.3 is 28.4 Å². The zero-order valence-electron chi connectivity index (χ0n) is 22.2. The molecular formula is C28H27NO11. The van der Waals surface area contributed by atoms with Crippen LogP contribution in [0.15, 0.2) is 48.5 Å². The fourth-order valence-corrected chi connectivity index (χ4v) is 3.97. The molecule has 0 saturated carbocycles. The number of esters is 4. The van der Waals surface area contributed by atoms with Crippen LogP contribution in [0.5, 0.6) is 5.75 Å². The molecule has 3 rings (SSSR count). The van der Waals surface area contributed by atoms with Gasteiger partial charge in [-0.1, -0.05) is 0 Å². The van der Waals surface area contributed by atoms with Gasteiger partial charge in [-0.15, -0.1) is 0 Å². The standard InChI is InChI=1S/C28H27NO11/c1-15(30)35-14-23-25(36-16(2)31)26(37-17(3)32)27(38-18(4)33)28(40-23)39-22-11-9-21(10-12-22)24(34)20-7-5-19(13-29)6-8-20/h5-12,23,25-28H,14H2,1-4H3/t23-,25-,26+,27-,28+/m1/s1. The van der Waals surface area contributed by atoms with Gasteiger partial charge in [0, 0.05) is 38.8 Å². The van der Waals surface area contributed by atoms with E-state index in [-0.39, 0.29) is 11.5 Å². The highest BCUT2D eigenvalue weighted by atomic mass is 16.7. The molecule has 2 aromatic carbocycles. The van der Waals surface area contributed by atoms with E-state index in [1.807, 2.05) is 6.07 Å². The van der Waals surface area contributed by atoms with Gasteiger partial charge >= 0.3 is 23.9 Å². The molecule has 40 heavy (non-hydrogen) atoms. The largest absolute Gasteiger partial charge is 0.463 e. The molecule has 0 amide bonds. The minimum atomic E-state index is -1.40. The third kappa shape index (κ3) is 7.87. The van der Waals surface area contributed by atoms with Crippen molar-refractivity contribution in [3.8, 4) is 11.8 Å². The van der Waals surface area contributed by atoms with Crippen molar-refractivity contribution in [1.29, 1.82) is 5.26 Å². The maximum absolute atomic E-state index is 12.8. The van der Waals surface area contributed by atoms with Gasteiger partial charge in [0.25, 0.3) is 0 Å². The van der Waals surface area contributed by atoms with Gasteiger partial charge in [-0.3, -0.25) is 24.0 Å². The van der Waals surface area contributed by atoms with Crippen molar-refractivity contribution in [2.24, 2.45) is 0 Å². The van der Waals surface area contributed by atoms with Gasteiger partial charge in [-0.05, 0) is 48.5 Å². The number of carbonyl (C=O) groups excluding carboxylic acids is 5. The smallest absolute Gasteiger partial charge is 0.303 e. The Kier molecular flexibility index (Phi) is 9.94. The van der Waals surface area contributed by atoms with Crippen LogP contribution in [-0.2, 0) is 42.9 Å². The van der Waals surface area contributed by atoms with Gasteiger partial charge in [0.05, 0.1) is 11.6 Å². The maximum atomic E-state index is 12.8. The Labute approximate surface area is 229 Å². The molecule has 0 aliphatic carbocycles. The monoisotopic (exact) mass is 553 g/mol. The molecule has 0 aromatic heterocycles. The van der Waals surface area contributed by atoms with Crippen molar-refractivity contribution in [3.05, 3.63) is 65.2 Å². The quantitative estimate of drug-likeness (QED) is 0.253. The minimum Gasteiger partial charge on any atom is -0.463 e. The summed E-state index contributed by atoms with van der Waals surface area (Å²) in [6.07, 6.45) is -6.63. The molecule has 1 aliphatic heterocycles. The second-order valence-corrected chi connectivity index (χ2v) is 8.73. The van der Waals surface area contributed by atoms with Crippen molar-refractivity contribution in [2.45, 2.75) is 58.4 Å². The molecule has 0 bridgehead atoms. The Balaban J connectivity index is 1.90. The number of carbonyl (C=O) groups is 5. The number of hydrogen-bond donors (Lipinski definition) is 0. The van der Waals surface area contributed by atoms with Gasteiger partial charge in [0.1, 0.15) is 18.5 Å². The second kappa shape index (κ2) is 13.3. The van der Waals surface area contributed by atoms with Crippen LogP contribution in [0.3, 0.4) is 0 Å². The molecule has 1 heterocycles. The lowest BCUT2D eigenvalue weighted by molar-refractivity contribution is -0.288. The first-order chi connectivity index (χ1) is 19.0. The molecule has 0 spiro atoms. The van der Waals surface area contributed by atoms with Crippen molar-refractivity contribution in [3.63, 3.8) is 0 Å². The van der Waals surface area contributed by atoms with Crippen LogP contribution in [0.25, 0.3) is 0 Å². The van der Waals surface area contributed by atoms with Crippen LogP contribution in [0.2, 0.25) is 0 Å². The van der Waals surface area contributed by atoms with E-state index in [1.165, 1.54) is 43.3 Å². The molecule has 210 valence electrons. The summed E-state index contributed by atoms with van der Waals surface area (Å²) in [5.74, 6) is -3.02. The van der Waals surface area contributed by atoms with E-state index < -0.39 is 61.2 Å². The van der Waals surface area contributed by atoms with Crippen molar-refractivity contribution < 1.29 is 52.4 Å². The summed E-state index contributed by atoms with van der Waals surface area (Å²) in [5, 5.41) is 8.94. The molecule has 5 atom stereocenters. The summed E-state index contributed by atoms with van der Waals surface area (Å²) in [6.45, 7) is 4.14. The predicted molar refractivity (Wildman–Crippen MR) is 134 cm³/mol. The zero-order chi connectivity index (χ0) is 29.4.